The van der Waals surface area contributed by atoms with Crippen LogP contribution in [0.4, 0.5) is 5.69 Å². The zero-order valence-electron chi connectivity index (χ0n) is 14.3. The maximum absolute atomic E-state index is 11.7. The topological polar surface area (TPSA) is 86.6 Å². The number of nitrogens with one attached hydrogen (secondary N) is 1. The largest absolute Gasteiger partial charge is 0.478 e. The number of carboxylic acids is 2. The Hall–Kier alpha value is -3.08. The summed E-state index contributed by atoms with van der Waals surface area (Å²) in [7, 11) is 0. The third kappa shape index (κ3) is 2.39. The van der Waals surface area contributed by atoms with E-state index in [-0.39, 0.29) is 29.0 Å². The second-order valence-electron chi connectivity index (χ2n) is 6.88. The minimum absolute atomic E-state index is 0.152. The minimum atomic E-state index is -0.960. The highest BCUT2D eigenvalue weighted by molar-refractivity contribution is 5.92. The van der Waals surface area contributed by atoms with Crippen LogP contribution in [0.1, 0.15) is 55.8 Å². The molecular formula is C21H19NO4. The summed E-state index contributed by atoms with van der Waals surface area (Å²) in [4.78, 5) is 23.2. The molecule has 0 spiro atoms. The predicted molar refractivity (Wildman–Crippen MR) is 97.9 cm³/mol. The lowest BCUT2D eigenvalue weighted by molar-refractivity contribution is 0.0685. The van der Waals surface area contributed by atoms with Crippen LogP contribution in [0.25, 0.3) is 0 Å². The molecular weight excluding hydrogens is 330 g/mol. The van der Waals surface area contributed by atoms with E-state index in [1.165, 1.54) is 0 Å². The van der Waals surface area contributed by atoms with Gasteiger partial charge in [-0.2, -0.15) is 0 Å². The van der Waals surface area contributed by atoms with Crippen molar-refractivity contribution >= 4 is 17.6 Å². The fraction of sp³-hybridized carbons (Fsp3) is 0.238. The van der Waals surface area contributed by atoms with Gasteiger partial charge in [-0.1, -0.05) is 36.4 Å². The van der Waals surface area contributed by atoms with Crippen molar-refractivity contribution in [1.29, 1.82) is 0 Å². The molecule has 1 aliphatic heterocycles. The molecule has 2 aliphatic rings. The highest BCUT2D eigenvalue weighted by Crippen LogP contribution is 2.51. The van der Waals surface area contributed by atoms with Crippen LogP contribution in [-0.4, -0.2) is 22.2 Å². The van der Waals surface area contributed by atoms with Crippen LogP contribution in [0, 0.1) is 12.8 Å². The van der Waals surface area contributed by atoms with Gasteiger partial charge in [-0.25, -0.2) is 9.59 Å². The SMILES string of the molecule is Cc1c(C(=O)O)ccc2c1N[C@H](c1ccccc1C(=O)O)[C@@H]1CC=C[C@H]21. The monoisotopic (exact) mass is 349 g/mol. The molecule has 26 heavy (non-hydrogen) atoms. The first-order chi connectivity index (χ1) is 12.5. The van der Waals surface area contributed by atoms with Gasteiger partial charge in [0.15, 0.2) is 0 Å². The molecule has 0 aromatic heterocycles. The van der Waals surface area contributed by atoms with E-state index >= 15 is 0 Å². The fourth-order valence-electron chi connectivity index (χ4n) is 4.32. The van der Waals surface area contributed by atoms with Gasteiger partial charge >= 0.3 is 11.9 Å². The average Bonchev–Trinajstić information content (AvgIpc) is 3.11. The highest BCUT2D eigenvalue weighted by Gasteiger charge is 2.40. The molecule has 1 heterocycles. The maximum atomic E-state index is 11.7. The minimum Gasteiger partial charge on any atom is -0.478 e. The number of allylic oxidation sites excluding steroid dienone is 2. The van der Waals surface area contributed by atoms with Crippen molar-refractivity contribution in [2.45, 2.75) is 25.3 Å². The Morgan fingerprint density at radius 1 is 1.00 bits per heavy atom. The number of carbonyl (C=O) groups is 2. The number of carboxylic acid groups (broad SMARTS) is 2. The first-order valence-corrected chi connectivity index (χ1v) is 8.61. The van der Waals surface area contributed by atoms with Crippen molar-refractivity contribution in [1.82, 2.24) is 0 Å². The number of benzene rings is 2. The van der Waals surface area contributed by atoms with Crippen LogP contribution >= 0.6 is 0 Å². The molecule has 0 amide bonds. The van der Waals surface area contributed by atoms with Crippen LogP contribution in [0.5, 0.6) is 0 Å². The normalized spacial score (nSPS) is 23.0. The Balaban J connectivity index is 1.88. The summed E-state index contributed by atoms with van der Waals surface area (Å²) in [5, 5.41) is 22.5. The molecule has 0 radical (unpaired) electrons. The van der Waals surface area contributed by atoms with Gasteiger partial charge < -0.3 is 15.5 Å². The van der Waals surface area contributed by atoms with E-state index in [0.29, 0.717) is 5.56 Å². The Bertz CT molecular complexity index is 947. The zero-order chi connectivity index (χ0) is 18.4. The van der Waals surface area contributed by atoms with E-state index in [9.17, 15) is 19.8 Å². The third-order valence-corrected chi connectivity index (χ3v) is 5.55. The van der Waals surface area contributed by atoms with Gasteiger partial charge in [0.05, 0.1) is 17.2 Å². The molecule has 3 N–H and O–H groups in total. The lowest BCUT2D eigenvalue weighted by Crippen LogP contribution is -2.31. The Labute approximate surface area is 151 Å². The van der Waals surface area contributed by atoms with Crippen molar-refractivity contribution < 1.29 is 19.8 Å². The smallest absolute Gasteiger partial charge is 0.336 e. The standard InChI is InChI=1S/C21H19NO4/c1-11-12(20(23)24)9-10-16-13-7-4-8-14(13)19(22-18(11)16)15-5-2-3-6-17(15)21(25)26/h2-7,9-10,13-14,19,22H,8H2,1H3,(H,23,24)(H,25,26)/t13-,14+,19-/m0/s1. The van der Waals surface area contributed by atoms with Crippen molar-refractivity contribution in [3.63, 3.8) is 0 Å². The number of hydrogen-bond donors (Lipinski definition) is 3. The van der Waals surface area contributed by atoms with Gasteiger partial charge in [0.2, 0.25) is 0 Å². The van der Waals surface area contributed by atoms with E-state index in [4.69, 9.17) is 0 Å². The molecule has 5 heteroatoms. The predicted octanol–water partition coefficient (Wildman–Crippen LogP) is 4.22. The number of rotatable bonds is 3. The number of aromatic carboxylic acids is 2. The van der Waals surface area contributed by atoms with Gasteiger partial charge in [0.1, 0.15) is 0 Å². The van der Waals surface area contributed by atoms with Crippen molar-refractivity contribution in [2.75, 3.05) is 5.32 Å². The number of fused-ring (bicyclic) bond motifs is 3. The van der Waals surface area contributed by atoms with E-state index in [2.05, 4.69) is 17.5 Å². The van der Waals surface area contributed by atoms with Crippen LogP contribution in [0.2, 0.25) is 0 Å². The summed E-state index contributed by atoms with van der Waals surface area (Å²) in [5.41, 5.74) is 3.86. The van der Waals surface area contributed by atoms with E-state index < -0.39 is 11.9 Å². The van der Waals surface area contributed by atoms with Gasteiger partial charge in [-0.3, -0.25) is 0 Å². The van der Waals surface area contributed by atoms with Gasteiger partial charge in [-0.05, 0) is 48.1 Å². The van der Waals surface area contributed by atoms with Gasteiger partial charge in [-0.15, -0.1) is 0 Å². The molecule has 0 fully saturated rings. The summed E-state index contributed by atoms with van der Waals surface area (Å²) < 4.78 is 0. The van der Waals surface area contributed by atoms with Crippen molar-refractivity contribution in [3.05, 3.63) is 76.4 Å². The van der Waals surface area contributed by atoms with Gasteiger partial charge in [0, 0.05) is 11.6 Å². The zero-order valence-corrected chi connectivity index (χ0v) is 14.3. The van der Waals surface area contributed by atoms with Crippen LogP contribution in [0.15, 0.2) is 48.6 Å². The molecule has 2 aromatic rings. The third-order valence-electron chi connectivity index (χ3n) is 5.55. The Kier molecular flexibility index (Phi) is 3.80. The lowest BCUT2D eigenvalue weighted by Gasteiger charge is -2.39. The second kappa shape index (κ2) is 6.02. The fourth-order valence-corrected chi connectivity index (χ4v) is 4.32. The molecule has 0 saturated heterocycles. The summed E-state index contributed by atoms with van der Waals surface area (Å²) >= 11 is 0. The molecule has 0 unspecified atom stereocenters. The van der Waals surface area contributed by atoms with Gasteiger partial charge in [0.25, 0.3) is 0 Å². The molecule has 0 bridgehead atoms. The van der Waals surface area contributed by atoms with Crippen LogP contribution < -0.4 is 5.32 Å². The number of hydrogen-bond acceptors (Lipinski definition) is 3. The van der Waals surface area contributed by atoms with Crippen molar-refractivity contribution in [3.8, 4) is 0 Å². The quantitative estimate of drug-likeness (QED) is 0.722. The summed E-state index contributed by atoms with van der Waals surface area (Å²) in [6, 6.07) is 10.4. The molecule has 1 aliphatic carbocycles. The first-order valence-electron chi connectivity index (χ1n) is 8.61. The Morgan fingerprint density at radius 3 is 2.46 bits per heavy atom. The highest BCUT2D eigenvalue weighted by atomic mass is 16.4. The average molecular weight is 349 g/mol. The summed E-state index contributed by atoms with van der Waals surface area (Å²) in [6.45, 7) is 1.80. The second-order valence-corrected chi connectivity index (χ2v) is 6.88. The van der Waals surface area contributed by atoms with E-state index in [1.54, 1.807) is 25.1 Å². The molecule has 3 atom stereocenters. The van der Waals surface area contributed by atoms with Crippen LogP contribution in [0.3, 0.4) is 0 Å². The first kappa shape index (κ1) is 16.4. The van der Waals surface area contributed by atoms with E-state index in [0.717, 1.165) is 23.2 Å². The maximum Gasteiger partial charge on any atom is 0.336 e. The van der Waals surface area contributed by atoms with Crippen molar-refractivity contribution in [2.24, 2.45) is 5.92 Å². The lowest BCUT2D eigenvalue weighted by atomic mass is 9.75. The molecule has 2 aromatic carbocycles. The molecule has 4 rings (SSSR count). The molecule has 5 nitrogen and oxygen atoms in total. The molecule has 0 saturated carbocycles. The Morgan fingerprint density at radius 2 is 1.73 bits per heavy atom. The van der Waals surface area contributed by atoms with Crippen LogP contribution in [-0.2, 0) is 0 Å². The number of anilines is 1. The summed E-state index contributed by atoms with van der Waals surface area (Å²) in [5.74, 6) is -1.55. The van der Waals surface area contributed by atoms with E-state index in [1.807, 2.05) is 18.2 Å². The summed E-state index contributed by atoms with van der Waals surface area (Å²) in [6.07, 6.45) is 5.14. The molecule has 132 valence electrons.